The number of benzene rings is 1. The number of carbonyl (C=O) groups is 2. The molecule has 1 rings (SSSR count). The molecule has 0 aromatic heterocycles. The summed E-state index contributed by atoms with van der Waals surface area (Å²) in [4.78, 5) is 23.5. The molecule has 0 bridgehead atoms. The largest absolute Gasteiger partial charge is 0.481 e. The molecule has 0 radical (unpaired) electrons. The van der Waals surface area contributed by atoms with Gasteiger partial charge in [0.15, 0.2) is 0 Å². The molecule has 5 nitrogen and oxygen atoms in total. The second-order valence-corrected chi connectivity index (χ2v) is 4.75. The highest BCUT2D eigenvalue weighted by Crippen LogP contribution is 2.06. The van der Waals surface area contributed by atoms with Crippen LogP contribution in [0.25, 0.3) is 0 Å². The maximum Gasteiger partial charge on any atom is 0.317 e. The predicted octanol–water partition coefficient (Wildman–Crippen LogP) is 1.87. The first-order valence-electron chi connectivity index (χ1n) is 6.36. The van der Waals surface area contributed by atoms with E-state index >= 15 is 0 Å². The molecule has 0 spiro atoms. The van der Waals surface area contributed by atoms with Crippen LogP contribution in [0.2, 0.25) is 0 Å². The molecule has 0 aliphatic rings. The van der Waals surface area contributed by atoms with E-state index in [0.29, 0.717) is 6.42 Å². The Morgan fingerprint density at radius 3 is 2.50 bits per heavy atom. The standard InChI is InChI=1S/C14H19FN2O3/c1-10(9-11-3-5-12(15)6-4-11)16-14(20)17(2)8-7-13(18)19/h3-6,10H,7-9H2,1-2H3,(H,16,20)(H,18,19). The number of hydrogen-bond acceptors (Lipinski definition) is 2. The fourth-order valence-corrected chi connectivity index (χ4v) is 1.71. The van der Waals surface area contributed by atoms with Gasteiger partial charge in [-0.25, -0.2) is 9.18 Å². The van der Waals surface area contributed by atoms with Gasteiger partial charge in [-0.1, -0.05) is 12.1 Å². The van der Waals surface area contributed by atoms with E-state index < -0.39 is 5.97 Å². The first-order chi connectivity index (χ1) is 9.38. The van der Waals surface area contributed by atoms with Crippen molar-refractivity contribution in [3.05, 3.63) is 35.6 Å². The number of nitrogens with zero attached hydrogens (tertiary/aromatic N) is 1. The van der Waals surface area contributed by atoms with Crippen LogP contribution in [0.1, 0.15) is 18.9 Å². The Bertz CT molecular complexity index is 462. The summed E-state index contributed by atoms with van der Waals surface area (Å²) >= 11 is 0. The lowest BCUT2D eigenvalue weighted by molar-refractivity contribution is -0.137. The minimum absolute atomic E-state index is 0.0870. The molecule has 0 aliphatic heterocycles. The van der Waals surface area contributed by atoms with Gasteiger partial charge in [0.2, 0.25) is 0 Å². The molecule has 20 heavy (non-hydrogen) atoms. The second-order valence-electron chi connectivity index (χ2n) is 4.75. The highest BCUT2D eigenvalue weighted by molar-refractivity contribution is 5.75. The van der Waals surface area contributed by atoms with Gasteiger partial charge in [0.25, 0.3) is 0 Å². The molecule has 0 saturated heterocycles. The molecule has 0 saturated carbocycles. The molecule has 1 aromatic carbocycles. The smallest absolute Gasteiger partial charge is 0.317 e. The summed E-state index contributed by atoms with van der Waals surface area (Å²) in [6, 6.07) is 5.66. The van der Waals surface area contributed by atoms with Gasteiger partial charge in [0.05, 0.1) is 6.42 Å². The van der Waals surface area contributed by atoms with Crippen LogP contribution >= 0.6 is 0 Å². The summed E-state index contributed by atoms with van der Waals surface area (Å²) in [6.07, 6.45) is 0.495. The Labute approximate surface area is 117 Å². The van der Waals surface area contributed by atoms with Crippen LogP contribution in [0.4, 0.5) is 9.18 Å². The third-order valence-corrected chi connectivity index (χ3v) is 2.83. The molecular formula is C14H19FN2O3. The predicted molar refractivity (Wildman–Crippen MR) is 73.0 cm³/mol. The lowest BCUT2D eigenvalue weighted by Gasteiger charge is -2.20. The molecule has 0 fully saturated rings. The first kappa shape index (κ1) is 15.9. The number of carboxylic acid groups (broad SMARTS) is 1. The number of halogens is 1. The van der Waals surface area contributed by atoms with E-state index in [2.05, 4.69) is 5.32 Å². The van der Waals surface area contributed by atoms with Crippen molar-refractivity contribution in [1.29, 1.82) is 0 Å². The number of urea groups is 1. The number of rotatable bonds is 6. The molecule has 2 amide bonds. The Hall–Kier alpha value is -2.11. The summed E-state index contributed by atoms with van der Waals surface area (Å²) in [5, 5.41) is 11.3. The number of carboxylic acids is 1. The molecule has 1 atom stereocenters. The molecule has 2 N–H and O–H groups in total. The van der Waals surface area contributed by atoms with Gasteiger partial charge in [0, 0.05) is 19.6 Å². The SMILES string of the molecule is CC(Cc1ccc(F)cc1)NC(=O)N(C)CCC(=O)O. The van der Waals surface area contributed by atoms with Crippen LogP contribution in [-0.4, -0.2) is 41.6 Å². The zero-order chi connectivity index (χ0) is 15.1. The fourth-order valence-electron chi connectivity index (χ4n) is 1.71. The maximum atomic E-state index is 12.8. The normalized spacial score (nSPS) is 11.8. The van der Waals surface area contributed by atoms with Crippen LogP contribution in [0, 0.1) is 5.82 Å². The topological polar surface area (TPSA) is 69.6 Å². The van der Waals surface area contributed by atoms with Crippen LogP contribution in [0.15, 0.2) is 24.3 Å². The van der Waals surface area contributed by atoms with Gasteiger partial charge in [-0.15, -0.1) is 0 Å². The zero-order valence-corrected chi connectivity index (χ0v) is 11.6. The van der Waals surface area contributed by atoms with Crippen LogP contribution in [0.3, 0.4) is 0 Å². The number of amides is 2. The van der Waals surface area contributed by atoms with E-state index in [1.807, 2.05) is 6.92 Å². The van der Waals surface area contributed by atoms with Crippen molar-refractivity contribution < 1.29 is 19.1 Å². The van der Waals surface area contributed by atoms with E-state index in [4.69, 9.17) is 5.11 Å². The molecule has 6 heteroatoms. The molecular weight excluding hydrogens is 263 g/mol. The van der Waals surface area contributed by atoms with E-state index in [1.54, 1.807) is 19.2 Å². The minimum atomic E-state index is -0.941. The van der Waals surface area contributed by atoms with E-state index in [1.165, 1.54) is 17.0 Å². The second kappa shape index (κ2) is 7.47. The van der Waals surface area contributed by atoms with Crippen molar-refractivity contribution in [2.75, 3.05) is 13.6 Å². The van der Waals surface area contributed by atoms with Gasteiger partial charge < -0.3 is 15.3 Å². The summed E-state index contributed by atoms with van der Waals surface area (Å²) < 4.78 is 12.8. The van der Waals surface area contributed by atoms with Gasteiger partial charge in [-0.2, -0.15) is 0 Å². The summed E-state index contributed by atoms with van der Waals surface area (Å²) in [6.45, 7) is 2.00. The average Bonchev–Trinajstić information content (AvgIpc) is 2.38. The van der Waals surface area contributed by atoms with Crippen LogP contribution in [0.5, 0.6) is 0 Å². The van der Waals surface area contributed by atoms with Gasteiger partial charge in [-0.3, -0.25) is 4.79 Å². The first-order valence-corrected chi connectivity index (χ1v) is 6.36. The van der Waals surface area contributed by atoms with Crippen molar-refractivity contribution in [3.8, 4) is 0 Å². The van der Waals surface area contributed by atoms with Gasteiger partial charge in [0.1, 0.15) is 5.82 Å². The third-order valence-electron chi connectivity index (χ3n) is 2.83. The molecule has 1 aromatic rings. The highest BCUT2D eigenvalue weighted by Gasteiger charge is 2.13. The van der Waals surface area contributed by atoms with Crippen molar-refractivity contribution >= 4 is 12.0 Å². The van der Waals surface area contributed by atoms with Crippen molar-refractivity contribution in [2.45, 2.75) is 25.8 Å². The van der Waals surface area contributed by atoms with Crippen molar-refractivity contribution in [2.24, 2.45) is 0 Å². The number of hydrogen-bond donors (Lipinski definition) is 2. The maximum absolute atomic E-state index is 12.8. The zero-order valence-electron chi connectivity index (χ0n) is 11.6. The summed E-state index contributed by atoms with van der Waals surface area (Å²) in [5.74, 6) is -1.23. The lowest BCUT2D eigenvalue weighted by Crippen LogP contribution is -2.43. The number of nitrogens with one attached hydrogen (secondary N) is 1. The minimum Gasteiger partial charge on any atom is -0.481 e. The average molecular weight is 282 g/mol. The third kappa shape index (κ3) is 5.69. The summed E-state index contributed by atoms with van der Waals surface area (Å²) in [7, 11) is 1.54. The molecule has 110 valence electrons. The Morgan fingerprint density at radius 1 is 1.35 bits per heavy atom. The van der Waals surface area contributed by atoms with Crippen molar-refractivity contribution in [3.63, 3.8) is 0 Å². The Morgan fingerprint density at radius 2 is 1.95 bits per heavy atom. The van der Waals surface area contributed by atoms with E-state index in [-0.39, 0.29) is 30.9 Å². The Kier molecular flexibility index (Phi) is 5.96. The molecule has 0 aliphatic carbocycles. The Balaban J connectivity index is 2.41. The lowest BCUT2D eigenvalue weighted by atomic mass is 10.1. The fraction of sp³-hybridized carbons (Fsp3) is 0.429. The van der Waals surface area contributed by atoms with Crippen LogP contribution < -0.4 is 5.32 Å². The highest BCUT2D eigenvalue weighted by atomic mass is 19.1. The number of carbonyl (C=O) groups excluding carboxylic acids is 1. The number of aliphatic carboxylic acids is 1. The van der Waals surface area contributed by atoms with Crippen LogP contribution in [-0.2, 0) is 11.2 Å². The van der Waals surface area contributed by atoms with Crippen molar-refractivity contribution in [1.82, 2.24) is 10.2 Å². The van der Waals surface area contributed by atoms with E-state index in [0.717, 1.165) is 5.56 Å². The summed E-state index contributed by atoms with van der Waals surface area (Å²) in [5.41, 5.74) is 0.924. The quantitative estimate of drug-likeness (QED) is 0.837. The monoisotopic (exact) mass is 282 g/mol. The van der Waals surface area contributed by atoms with Gasteiger partial charge >= 0.3 is 12.0 Å². The molecule has 1 unspecified atom stereocenters. The van der Waals surface area contributed by atoms with Gasteiger partial charge in [-0.05, 0) is 31.0 Å². The molecule has 0 heterocycles. The van der Waals surface area contributed by atoms with E-state index in [9.17, 15) is 14.0 Å².